The Morgan fingerprint density at radius 2 is 1.06 bits per heavy atom. The van der Waals surface area contributed by atoms with Crippen molar-refractivity contribution in [2.45, 2.75) is 127 Å². The Labute approximate surface area is 447 Å². The van der Waals surface area contributed by atoms with Crippen LogP contribution in [0.1, 0.15) is 138 Å². The van der Waals surface area contributed by atoms with Crippen LogP contribution in [0.4, 0.5) is 29.7 Å². The molecule has 0 aliphatic carbocycles. The number of ether oxygens (including phenoxy) is 4. The molecule has 4 N–H and O–H groups in total. The second kappa shape index (κ2) is 22.1. The summed E-state index contributed by atoms with van der Waals surface area (Å²) in [6, 6.07) is 12.3. The summed E-state index contributed by atoms with van der Waals surface area (Å²) in [6.07, 6.45) is 7.22. The fourth-order valence-electron chi connectivity index (χ4n) is 13.2. The number of aromatic nitrogens is 4. The SMILES string of the molecule is COC(=O)NC(C(=O)N1CCC[C@H]1c1nc2ccc([C@H]3CC[C@H](c4ccc5nc([C@@H]6CCCN6C(=O)[C@@H](NC(=O)OC)C6CCOCC6)[nH]c5c4)N3c3cc(F)c(N4CCC(C)(C)CC4)c(F)c3)cc2[nH]1)C1CCOCC1. The molecule has 412 valence electrons. The standard InChI is InChI=1S/C57H72F2N10O8/c1-57(2)19-23-66(24-20-57)50-38(58)31-37(32-39(50)59)69-44(35-9-11-40-42(29-35)62-51(60-40)46-7-5-21-67(46)53(70)48(64-55(72)74-3)33-15-25-76-26-16-33)13-14-45(69)36-10-12-41-43(30-36)63-52(61-41)47-8-6-22-68(47)54(71)49(65-56(73)75-4)34-17-27-77-28-18-34/h9-12,29-34,44-49H,5-8,13-28H2,1-4H3,(H,60,62)(H,61,63)(H,64,72)(H,65,73)/t44-,45-,46+,47+,48+,49?/m1/s1. The molecule has 77 heavy (non-hydrogen) atoms. The van der Waals surface area contributed by atoms with Crippen LogP contribution < -0.4 is 20.4 Å². The third-order valence-corrected chi connectivity index (χ3v) is 17.6. The number of methoxy groups -OCH3 is 2. The minimum atomic E-state index is -0.761. The molecule has 0 radical (unpaired) electrons. The van der Waals surface area contributed by atoms with Crippen molar-refractivity contribution in [3.8, 4) is 0 Å². The Morgan fingerprint density at radius 3 is 1.49 bits per heavy atom. The molecule has 0 spiro atoms. The summed E-state index contributed by atoms with van der Waals surface area (Å²) < 4.78 is 54.5. The Balaban J connectivity index is 0.898. The van der Waals surface area contributed by atoms with Crippen LogP contribution in [0.2, 0.25) is 0 Å². The van der Waals surface area contributed by atoms with Gasteiger partial charge in [0.15, 0.2) is 11.6 Å². The first kappa shape index (κ1) is 52.5. The molecule has 3 aromatic carbocycles. The number of carbonyl (C=O) groups excluding carboxylic acids is 4. The van der Waals surface area contributed by atoms with Crippen LogP contribution in [-0.4, -0.2) is 133 Å². The van der Waals surface area contributed by atoms with Crippen LogP contribution in [0.15, 0.2) is 48.5 Å². The lowest BCUT2D eigenvalue weighted by Crippen LogP contribution is -2.53. The number of rotatable bonds is 12. The van der Waals surface area contributed by atoms with E-state index in [-0.39, 0.29) is 58.9 Å². The molecule has 6 aliphatic heterocycles. The van der Waals surface area contributed by atoms with Gasteiger partial charge in [0.05, 0.1) is 60.5 Å². The number of alkyl carbamates (subject to hydrolysis) is 2. The Bertz CT molecular complexity index is 2800. The first-order chi connectivity index (χ1) is 37.3. The second-order valence-corrected chi connectivity index (χ2v) is 22.7. The monoisotopic (exact) mass is 1060 g/mol. The van der Waals surface area contributed by atoms with E-state index >= 15 is 8.78 Å². The van der Waals surface area contributed by atoms with Gasteiger partial charge < -0.3 is 59.1 Å². The first-order valence-electron chi connectivity index (χ1n) is 27.7. The fourth-order valence-corrected chi connectivity index (χ4v) is 13.2. The Hall–Kier alpha value is -6.54. The van der Waals surface area contributed by atoms with E-state index in [2.05, 4.69) is 51.5 Å². The van der Waals surface area contributed by atoms with Gasteiger partial charge in [-0.05, 0) is 142 Å². The van der Waals surface area contributed by atoms with Crippen molar-refractivity contribution < 1.29 is 46.9 Å². The highest BCUT2D eigenvalue weighted by molar-refractivity contribution is 5.88. The smallest absolute Gasteiger partial charge is 0.407 e. The number of hydrogen-bond acceptors (Lipinski definition) is 12. The average Bonchev–Trinajstić information content (AvgIpc) is 4.42. The van der Waals surface area contributed by atoms with E-state index < -0.39 is 35.9 Å². The fraction of sp³-hybridized carbons (Fsp3) is 0.579. The Morgan fingerprint density at radius 1 is 0.623 bits per heavy atom. The van der Waals surface area contributed by atoms with Crippen LogP contribution in [0.3, 0.4) is 0 Å². The minimum Gasteiger partial charge on any atom is -0.453 e. The van der Waals surface area contributed by atoms with E-state index in [0.717, 1.165) is 58.9 Å². The second-order valence-electron chi connectivity index (χ2n) is 22.7. The van der Waals surface area contributed by atoms with E-state index in [0.29, 0.717) is 121 Å². The molecule has 6 fully saturated rings. The van der Waals surface area contributed by atoms with Crippen LogP contribution >= 0.6 is 0 Å². The minimum absolute atomic E-state index is 0.00792. The largest absolute Gasteiger partial charge is 0.453 e. The van der Waals surface area contributed by atoms with Gasteiger partial charge in [0, 0.05) is 58.3 Å². The van der Waals surface area contributed by atoms with Crippen LogP contribution in [0, 0.1) is 28.9 Å². The highest BCUT2D eigenvalue weighted by Crippen LogP contribution is 2.49. The van der Waals surface area contributed by atoms with Crippen molar-refractivity contribution in [3.63, 3.8) is 0 Å². The third kappa shape index (κ3) is 10.6. The molecule has 6 aliphatic rings. The van der Waals surface area contributed by atoms with Gasteiger partial charge in [0.1, 0.15) is 29.4 Å². The zero-order valence-corrected chi connectivity index (χ0v) is 44.6. The third-order valence-electron chi connectivity index (χ3n) is 17.6. The summed E-state index contributed by atoms with van der Waals surface area (Å²) in [5.74, 6) is -0.413. The lowest BCUT2D eigenvalue weighted by molar-refractivity contribution is -0.137. The number of fused-ring (bicyclic) bond motifs is 2. The van der Waals surface area contributed by atoms with E-state index in [1.165, 1.54) is 26.4 Å². The molecule has 5 aromatic rings. The van der Waals surface area contributed by atoms with Gasteiger partial charge in [-0.25, -0.2) is 28.3 Å². The molecule has 1 unspecified atom stereocenters. The van der Waals surface area contributed by atoms with Crippen molar-refractivity contribution in [2.24, 2.45) is 17.3 Å². The van der Waals surface area contributed by atoms with Gasteiger partial charge in [0.25, 0.3) is 0 Å². The van der Waals surface area contributed by atoms with Crippen molar-refractivity contribution in [2.75, 3.05) is 76.6 Å². The average molecular weight is 1060 g/mol. The molecule has 0 saturated carbocycles. The number of imidazole rings is 2. The number of hydrogen-bond donors (Lipinski definition) is 4. The van der Waals surface area contributed by atoms with Gasteiger partial charge in [-0.2, -0.15) is 0 Å². The molecule has 8 heterocycles. The van der Waals surface area contributed by atoms with Crippen molar-refractivity contribution in [1.82, 2.24) is 40.4 Å². The number of nitrogens with zero attached hydrogens (tertiary/aromatic N) is 6. The van der Waals surface area contributed by atoms with E-state index in [9.17, 15) is 19.2 Å². The number of anilines is 2. The van der Waals surface area contributed by atoms with E-state index in [1.807, 2.05) is 39.0 Å². The predicted molar refractivity (Wildman–Crippen MR) is 284 cm³/mol. The van der Waals surface area contributed by atoms with Gasteiger partial charge in [-0.3, -0.25) is 9.59 Å². The first-order valence-corrected chi connectivity index (χ1v) is 27.7. The predicted octanol–water partition coefficient (Wildman–Crippen LogP) is 9.06. The molecule has 2 aromatic heterocycles. The van der Waals surface area contributed by atoms with Gasteiger partial charge >= 0.3 is 12.2 Å². The van der Waals surface area contributed by atoms with Gasteiger partial charge in [0.2, 0.25) is 11.8 Å². The molecule has 6 saturated heterocycles. The maximum atomic E-state index is 16.7. The maximum absolute atomic E-state index is 16.7. The highest BCUT2D eigenvalue weighted by atomic mass is 19.1. The zero-order chi connectivity index (χ0) is 53.5. The Kier molecular flexibility index (Phi) is 15.0. The van der Waals surface area contributed by atoms with Gasteiger partial charge in [-0.15, -0.1) is 0 Å². The maximum Gasteiger partial charge on any atom is 0.407 e. The van der Waals surface area contributed by atoms with E-state index in [4.69, 9.17) is 28.9 Å². The molecule has 0 bridgehead atoms. The van der Waals surface area contributed by atoms with Crippen molar-refractivity contribution >= 4 is 57.4 Å². The summed E-state index contributed by atoms with van der Waals surface area (Å²) in [7, 11) is 2.59. The molecule has 20 heteroatoms. The molecule has 11 rings (SSSR count). The number of H-pyrrole nitrogens is 2. The number of aromatic amines is 2. The highest BCUT2D eigenvalue weighted by Gasteiger charge is 2.43. The summed E-state index contributed by atoms with van der Waals surface area (Å²) in [6.45, 7) is 8.62. The van der Waals surface area contributed by atoms with Gasteiger partial charge in [-0.1, -0.05) is 26.0 Å². The summed E-state index contributed by atoms with van der Waals surface area (Å²) in [4.78, 5) is 78.7. The lowest BCUT2D eigenvalue weighted by atomic mass is 9.82. The summed E-state index contributed by atoms with van der Waals surface area (Å²) >= 11 is 0. The van der Waals surface area contributed by atoms with Crippen molar-refractivity contribution in [1.29, 1.82) is 0 Å². The number of piperidine rings is 1. The number of amides is 4. The van der Waals surface area contributed by atoms with E-state index in [1.54, 1.807) is 0 Å². The molecule has 6 atom stereocenters. The number of likely N-dealkylation sites (tertiary alicyclic amines) is 2. The number of carbonyl (C=O) groups is 4. The van der Waals surface area contributed by atoms with Crippen LogP contribution in [-0.2, 0) is 28.5 Å². The summed E-state index contributed by atoms with van der Waals surface area (Å²) in [5.41, 5.74) is 5.44. The van der Waals surface area contributed by atoms with Crippen molar-refractivity contribution in [3.05, 3.63) is 82.9 Å². The molecule has 4 amide bonds. The quantitative estimate of drug-likeness (QED) is 0.0926. The molecular weight excluding hydrogens is 991 g/mol. The summed E-state index contributed by atoms with van der Waals surface area (Å²) in [5, 5.41) is 5.66. The number of halogens is 2. The zero-order valence-electron chi connectivity index (χ0n) is 44.6. The van der Waals surface area contributed by atoms with Crippen LogP contribution in [0.5, 0.6) is 0 Å². The topological polar surface area (TPSA) is 200 Å². The number of nitrogens with one attached hydrogen (secondary N) is 4. The van der Waals surface area contributed by atoms with Crippen LogP contribution in [0.25, 0.3) is 22.1 Å². The molecular formula is C57H72F2N10O8. The normalized spacial score (nSPS) is 24.1. The number of benzene rings is 3. The molecule has 18 nitrogen and oxygen atoms in total. The lowest BCUT2D eigenvalue weighted by Gasteiger charge is -2.39.